The summed E-state index contributed by atoms with van der Waals surface area (Å²) in [6.07, 6.45) is 4.25. The van der Waals surface area contributed by atoms with Crippen LogP contribution in [0.4, 0.5) is 11.5 Å². The van der Waals surface area contributed by atoms with Crippen LogP contribution in [0.2, 0.25) is 0 Å². The van der Waals surface area contributed by atoms with E-state index in [4.69, 9.17) is 5.11 Å². The lowest BCUT2D eigenvalue weighted by Gasteiger charge is -2.23. The Kier molecular flexibility index (Phi) is 3.04. The standard InChI is InChI=1S/C13H15N3O4/c17-13(18)10-5-6-11(16(19)20)12(14-10)15(9-3-4-9)7-8-1-2-8/h5-6,8-9H,1-4,7H2,(H,17,18). The topological polar surface area (TPSA) is 96.6 Å². The second-order valence-corrected chi connectivity index (χ2v) is 5.43. The monoisotopic (exact) mass is 277 g/mol. The molecule has 0 bridgehead atoms. The first-order chi connectivity index (χ1) is 9.56. The van der Waals surface area contributed by atoms with E-state index in [0.717, 1.165) is 32.2 Å². The van der Waals surface area contributed by atoms with E-state index in [2.05, 4.69) is 4.98 Å². The highest BCUT2D eigenvalue weighted by Crippen LogP contribution is 2.40. The lowest BCUT2D eigenvalue weighted by molar-refractivity contribution is -0.384. The van der Waals surface area contributed by atoms with Crippen LogP contribution in [0.5, 0.6) is 0 Å². The van der Waals surface area contributed by atoms with Gasteiger partial charge in [0.15, 0.2) is 5.69 Å². The fourth-order valence-corrected chi connectivity index (χ4v) is 2.29. The molecule has 0 amide bonds. The van der Waals surface area contributed by atoms with E-state index >= 15 is 0 Å². The van der Waals surface area contributed by atoms with Crippen molar-refractivity contribution in [2.45, 2.75) is 31.7 Å². The van der Waals surface area contributed by atoms with Crippen LogP contribution in [-0.4, -0.2) is 33.6 Å². The molecular formula is C13H15N3O4. The van der Waals surface area contributed by atoms with Crippen molar-refractivity contribution >= 4 is 17.5 Å². The second-order valence-electron chi connectivity index (χ2n) is 5.43. The molecule has 0 radical (unpaired) electrons. The van der Waals surface area contributed by atoms with Gasteiger partial charge in [0, 0.05) is 18.7 Å². The molecule has 7 nitrogen and oxygen atoms in total. The Labute approximate surface area is 115 Å². The van der Waals surface area contributed by atoms with E-state index < -0.39 is 10.9 Å². The van der Waals surface area contributed by atoms with Gasteiger partial charge in [-0.2, -0.15) is 0 Å². The van der Waals surface area contributed by atoms with Gasteiger partial charge in [0.25, 0.3) is 0 Å². The lowest BCUT2D eigenvalue weighted by Crippen LogP contribution is -2.30. The Morgan fingerprint density at radius 2 is 2.10 bits per heavy atom. The van der Waals surface area contributed by atoms with E-state index in [1.807, 2.05) is 4.90 Å². The highest BCUT2D eigenvalue weighted by atomic mass is 16.6. The van der Waals surface area contributed by atoms with Crippen molar-refractivity contribution < 1.29 is 14.8 Å². The van der Waals surface area contributed by atoms with Gasteiger partial charge < -0.3 is 10.0 Å². The molecule has 0 aliphatic heterocycles. The van der Waals surface area contributed by atoms with E-state index in [0.29, 0.717) is 5.92 Å². The van der Waals surface area contributed by atoms with Gasteiger partial charge in [-0.05, 0) is 37.7 Å². The van der Waals surface area contributed by atoms with E-state index in [9.17, 15) is 14.9 Å². The Morgan fingerprint density at radius 3 is 2.60 bits per heavy atom. The maximum atomic E-state index is 11.1. The van der Waals surface area contributed by atoms with Crippen LogP contribution < -0.4 is 4.90 Å². The molecule has 2 aliphatic rings. The molecule has 0 unspecified atom stereocenters. The number of carbonyl (C=O) groups is 1. The summed E-state index contributed by atoms with van der Waals surface area (Å²) in [5, 5.41) is 20.2. The molecular weight excluding hydrogens is 262 g/mol. The average molecular weight is 277 g/mol. The number of hydrogen-bond acceptors (Lipinski definition) is 5. The fourth-order valence-electron chi connectivity index (χ4n) is 2.29. The molecule has 2 saturated carbocycles. The molecule has 3 rings (SSSR count). The zero-order valence-corrected chi connectivity index (χ0v) is 10.9. The minimum absolute atomic E-state index is 0.109. The zero-order chi connectivity index (χ0) is 14.3. The number of rotatable bonds is 6. The van der Waals surface area contributed by atoms with Crippen molar-refractivity contribution in [2.24, 2.45) is 5.92 Å². The molecule has 1 N–H and O–H groups in total. The molecule has 2 fully saturated rings. The first-order valence-electron chi connectivity index (χ1n) is 6.71. The van der Waals surface area contributed by atoms with Gasteiger partial charge in [0.2, 0.25) is 5.82 Å². The van der Waals surface area contributed by atoms with E-state index in [-0.39, 0.29) is 23.2 Å². The molecule has 0 saturated heterocycles. The lowest BCUT2D eigenvalue weighted by atomic mass is 10.2. The van der Waals surface area contributed by atoms with Crippen molar-refractivity contribution in [3.8, 4) is 0 Å². The third-order valence-electron chi connectivity index (χ3n) is 3.68. The Hall–Kier alpha value is -2.18. The molecule has 1 aromatic rings. The molecule has 2 aliphatic carbocycles. The molecule has 7 heteroatoms. The van der Waals surface area contributed by atoms with Crippen LogP contribution in [0.1, 0.15) is 36.2 Å². The Morgan fingerprint density at radius 1 is 1.40 bits per heavy atom. The third kappa shape index (κ3) is 2.56. The number of aromatic carboxylic acids is 1. The quantitative estimate of drug-likeness (QED) is 0.631. The van der Waals surface area contributed by atoms with Crippen LogP contribution >= 0.6 is 0 Å². The highest BCUT2D eigenvalue weighted by Gasteiger charge is 2.37. The van der Waals surface area contributed by atoms with Gasteiger partial charge >= 0.3 is 11.7 Å². The molecule has 0 spiro atoms. The van der Waals surface area contributed by atoms with Gasteiger partial charge in [-0.3, -0.25) is 10.1 Å². The summed E-state index contributed by atoms with van der Waals surface area (Å²) in [6, 6.07) is 2.70. The van der Waals surface area contributed by atoms with Gasteiger partial charge in [0.1, 0.15) is 0 Å². The van der Waals surface area contributed by atoms with E-state index in [1.165, 1.54) is 12.1 Å². The Balaban J connectivity index is 1.99. The smallest absolute Gasteiger partial charge is 0.354 e. The maximum absolute atomic E-state index is 11.1. The van der Waals surface area contributed by atoms with Gasteiger partial charge in [-0.1, -0.05) is 0 Å². The van der Waals surface area contributed by atoms with Crippen LogP contribution in [0.25, 0.3) is 0 Å². The summed E-state index contributed by atoms with van der Waals surface area (Å²) in [4.78, 5) is 27.6. The molecule has 106 valence electrons. The maximum Gasteiger partial charge on any atom is 0.354 e. The predicted octanol–water partition coefficient (Wildman–Crippen LogP) is 2.07. The normalized spacial score (nSPS) is 17.8. The number of nitro groups is 1. The number of nitrogens with zero attached hydrogens (tertiary/aromatic N) is 3. The first kappa shape index (κ1) is 12.8. The number of aromatic nitrogens is 1. The average Bonchev–Trinajstić information content (AvgIpc) is 3.26. The SMILES string of the molecule is O=C(O)c1ccc([N+](=O)[O-])c(N(CC2CC2)C2CC2)n1. The summed E-state index contributed by atoms with van der Waals surface area (Å²) in [6.45, 7) is 0.738. The summed E-state index contributed by atoms with van der Waals surface area (Å²) >= 11 is 0. The minimum Gasteiger partial charge on any atom is -0.477 e. The summed E-state index contributed by atoms with van der Waals surface area (Å²) in [7, 11) is 0. The van der Waals surface area contributed by atoms with Gasteiger partial charge in [-0.15, -0.1) is 0 Å². The molecule has 1 heterocycles. The number of carboxylic acid groups (broad SMARTS) is 1. The highest BCUT2D eigenvalue weighted by molar-refractivity contribution is 5.86. The third-order valence-corrected chi connectivity index (χ3v) is 3.68. The Bertz CT molecular complexity index is 567. The predicted molar refractivity (Wildman–Crippen MR) is 70.9 cm³/mol. The number of carboxylic acids is 1. The summed E-state index contributed by atoms with van der Waals surface area (Å²) in [5.74, 6) is -0.391. The fraction of sp³-hybridized carbons (Fsp3) is 0.538. The zero-order valence-electron chi connectivity index (χ0n) is 10.9. The molecule has 0 atom stereocenters. The molecule has 20 heavy (non-hydrogen) atoms. The molecule has 1 aromatic heterocycles. The van der Waals surface area contributed by atoms with Crippen LogP contribution in [0.3, 0.4) is 0 Å². The number of hydrogen-bond donors (Lipinski definition) is 1. The van der Waals surface area contributed by atoms with Crippen molar-refractivity contribution in [1.82, 2.24) is 4.98 Å². The second kappa shape index (κ2) is 4.73. The minimum atomic E-state index is -1.16. The number of anilines is 1. The van der Waals surface area contributed by atoms with Gasteiger partial charge in [0.05, 0.1) is 4.92 Å². The van der Waals surface area contributed by atoms with Crippen molar-refractivity contribution in [3.05, 3.63) is 27.9 Å². The van der Waals surface area contributed by atoms with Crippen LogP contribution in [0.15, 0.2) is 12.1 Å². The van der Waals surface area contributed by atoms with Gasteiger partial charge in [-0.25, -0.2) is 9.78 Å². The first-order valence-corrected chi connectivity index (χ1v) is 6.71. The summed E-state index contributed by atoms with van der Waals surface area (Å²) < 4.78 is 0. The number of pyridine rings is 1. The van der Waals surface area contributed by atoms with Crippen LogP contribution in [-0.2, 0) is 0 Å². The largest absolute Gasteiger partial charge is 0.477 e. The van der Waals surface area contributed by atoms with Crippen LogP contribution in [0, 0.1) is 16.0 Å². The molecule has 0 aromatic carbocycles. The van der Waals surface area contributed by atoms with Crippen molar-refractivity contribution in [2.75, 3.05) is 11.4 Å². The van der Waals surface area contributed by atoms with E-state index in [1.54, 1.807) is 0 Å². The van der Waals surface area contributed by atoms with Crippen molar-refractivity contribution in [3.63, 3.8) is 0 Å². The summed E-state index contributed by atoms with van der Waals surface area (Å²) in [5.41, 5.74) is -0.255. The van der Waals surface area contributed by atoms with Crippen molar-refractivity contribution in [1.29, 1.82) is 0 Å².